The Morgan fingerprint density at radius 2 is 2.33 bits per heavy atom. The summed E-state index contributed by atoms with van der Waals surface area (Å²) in [6.45, 7) is 0.902. The first-order valence-corrected chi connectivity index (χ1v) is 8.16. The second-order valence-corrected chi connectivity index (χ2v) is 7.02. The molecule has 18 heavy (non-hydrogen) atoms. The van der Waals surface area contributed by atoms with Crippen molar-refractivity contribution in [2.24, 2.45) is 0 Å². The molecule has 6 heteroatoms. The van der Waals surface area contributed by atoms with Crippen LogP contribution in [0.15, 0.2) is 10.6 Å². The molecule has 1 saturated heterocycles. The predicted molar refractivity (Wildman–Crippen MR) is 69.1 cm³/mol. The van der Waals surface area contributed by atoms with Crippen LogP contribution in [-0.2, 0) is 16.3 Å². The fourth-order valence-corrected chi connectivity index (χ4v) is 4.16. The minimum atomic E-state index is -3.03. The van der Waals surface area contributed by atoms with Gasteiger partial charge in [-0.1, -0.05) is 6.42 Å². The maximum Gasteiger partial charge on any atom is 0.194 e. The van der Waals surface area contributed by atoms with Gasteiger partial charge in [-0.2, -0.15) is 0 Å². The zero-order valence-electron chi connectivity index (χ0n) is 10.7. The molecule has 0 amide bonds. The van der Waals surface area contributed by atoms with E-state index in [1.807, 2.05) is 7.05 Å². The molecule has 5 nitrogen and oxygen atoms in total. The molecule has 102 valence electrons. The van der Waals surface area contributed by atoms with E-state index >= 15 is 0 Å². The number of aryl methyl sites for hydroxylation is 1. The number of nitrogens with one attached hydrogen (secondary N) is 1. The minimum Gasteiger partial charge on any atom is -0.444 e. The van der Waals surface area contributed by atoms with Gasteiger partial charge in [-0.05, 0) is 32.9 Å². The summed E-state index contributed by atoms with van der Waals surface area (Å²) in [7, 11) is -1.14. The zero-order chi connectivity index (χ0) is 13.0. The molecule has 0 aliphatic carbocycles. The van der Waals surface area contributed by atoms with Crippen LogP contribution in [-0.4, -0.2) is 32.7 Å². The fourth-order valence-electron chi connectivity index (χ4n) is 2.28. The van der Waals surface area contributed by atoms with E-state index in [1.165, 1.54) is 0 Å². The average Bonchev–Trinajstić information content (AvgIpc) is 2.77. The van der Waals surface area contributed by atoms with Crippen LogP contribution in [0.3, 0.4) is 0 Å². The fraction of sp³-hybridized carbons (Fsp3) is 0.750. The van der Waals surface area contributed by atoms with Gasteiger partial charge < -0.3 is 9.73 Å². The third kappa shape index (κ3) is 3.11. The quantitative estimate of drug-likeness (QED) is 0.822. The molecule has 0 spiro atoms. The first-order valence-electron chi connectivity index (χ1n) is 6.44. The summed E-state index contributed by atoms with van der Waals surface area (Å²) < 4.78 is 29.5. The van der Waals surface area contributed by atoms with Crippen molar-refractivity contribution in [3.63, 3.8) is 0 Å². The highest BCUT2D eigenvalue weighted by Crippen LogP contribution is 2.33. The van der Waals surface area contributed by atoms with Crippen LogP contribution in [0.25, 0.3) is 0 Å². The lowest BCUT2D eigenvalue weighted by atomic mass is 10.1. The molecule has 0 bridgehead atoms. The predicted octanol–water partition coefficient (Wildman–Crippen LogP) is 1.47. The van der Waals surface area contributed by atoms with E-state index in [2.05, 4.69) is 10.3 Å². The molecule has 1 fully saturated rings. The van der Waals surface area contributed by atoms with Gasteiger partial charge in [0, 0.05) is 6.42 Å². The lowest BCUT2D eigenvalue weighted by Gasteiger charge is -2.19. The van der Waals surface area contributed by atoms with Gasteiger partial charge in [0.05, 0.1) is 11.9 Å². The summed E-state index contributed by atoms with van der Waals surface area (Å²) in [6, 6.07) is 0. The van der Waals surface area contributed by atoms with Crippen molar-refractivity contribution in [3.8, 4) is 0 Å². The Labute approximate surface area is 108 Å². The van der Waals surface area contributed by atoms with Gasteiger partial charge in [-0.25, -0.2) is 13.4 Å². The summed E-state index contributed by atoms with van der Waals surface area (Å²) >= 11 is 0. The Morgan fingerprint density at radius 3 is 3.06 bits per heavy atom. The van der Waals surface area contributed by atoms with Gasteiger partial charge in [0.25, 0.3) is 0 Å². The summed E-state index contributed by atoms with van der Waals surface area (Å²) in [5, 5.41) is 2.58. The summed E-state index contributed by atoms with van der Waals surface area (Å²) in [4.78, 5) is 4.17. The van der Waals surface area contributed by atoms with E-state index in [9.17, 15) is 8.42 Å². The van der Waals surface area contributed by atoms with Crippen molar-refractivity contribution in [1.29, 1.82) is 0 Å². The number of hydrogen-bond donors (Lipinski definition) is 1. The molecule has 0 aromatic carbocycles. The van der Waals surface area contributed by atoms with Gasteiger partial charge in [0.1, 0.15) is 11.0 Å². The Hall–Kier alpha value is -0.880. The lowest BCUT2D eigenvalue weighted by molar-refractivity contribution is 0.425. The van der Waals surface area contributed by atoms with Crippen LogP contribution in [0.2, 0.25) is 0 Å². The van der Waals surface area contributed by atoms with Crippen LogP contribution in [0.4, 0.5) is 0 Å². The summed E-state index contributed by atoms with van der Waals surface area (Å²) in [5.41, 5.74) is 0. The van der Waals surface area contributed by atoms with Crippen molar-refractivity contribution < 1.29 is 12.8 Å². The third-order valence-corrected chi connectivity index (χ3v) is 5.48. The number of hydrogen-bond acceptors (Lipinski definition) is 5. The van der Waals surface area contributed by atoms with Crippen molar-refractivity contribution in [2.75, 3.05) is 19.3 Å². The Kier molecular flexibility index (Phi) is 4.40. The number of aromatic nitrogens is 1. The van der Waals surface area contributed by atoms with Crippen LogP contribution >= 0.6 is 0 Å². The van der Waals surface area contributed by atoms with Gasteiger partial charge in [-0.15, -0.1) is 0 Å². The molecule has 2 rings (SSSR count). The molecular weight excluding hydrogens is 252 g/mol. The summed E-state index contributed by atoms with van der Waals surface area (Å²) in [5.74, 6) is 1.43. The first-order chi connectivity index (χ1) is 8.63. The van der Waals surface area contributed by atoms with E-state index in [0.717, 1.165) is 32.2 Å². The molecule has 1 aromatic rings. The van der Waals surface area contributed by atoms with E-state index < -0.39 is 15.1 Å². The van der Waals surface area contributed by atoms with Crippen LogP contribution in [0.5, 0.6) is 0 Å². The molecule has 1 unspecified atom stereocenters. The standard InChI is InChI=1S/C12H20N2O3S/c1-13-7-4-6-12-14-9-10(17-12)11-5-2-3-8-18(11,15)16/h9,11,13H,2-8H2,1H3. The monoisotopic (exact) mass is 272 g/mol. The number of sulfone groups is 1. The number of nitrogens with zero attached hydrogens (tertiary/aromatic N) is 1. The minimum absolute atomic E-state index is 0.271. The van der Waals surface area contributed by atoms with Crippen LogP contribution in [0.1, 0.15) is 42.6 Å². The Morgan fingerprint density at radius 1 is 1.50 bits per heavy atom. The smallest absolute Gasteiger partial charge is 0.194 e. The van der Waals surface area contributed by atoms with Crippen molar-refractivity contribution in [3.05, 3.63) is 17.8 Å². The average molecular weight is 272 g/mol. The van der Waals surface area contributed by atoms with Crippen molar-refractivity contribution in [1.82, 2.24) is 10.3 Å². The second kappa shape index (κ2) is 5.84. The molecule has 1 aliphatic rings. The van der Waals surface area contributed by atoms with Crippen molar-refractivity contribution >= 4 is 9.84 Å². The third-order valence-electron chi connectivity index (χ3n) is 3.28. The van der Waals surface area contributed by atoms with Gasteiger partial charge in [0.15, 0.2) is 15.7 Å². The van der Waals surface area contributed by atoms with E-state index in [0.29, 0.717) is 18.1 Å². The Balaban J connectivity index is 2.04. The highest BCUT2D eigenvalue weighted by molar-refractivity contribution is 7.91. The van der Waals surface area contributed by atoms with E-state index in [4.69, 9.17) is 4.42 Å². The van der Waals surface area contributed by atoms with Crippen LogP contribution < -0.4 is 5.32 Å². The van der Waals surface area contributed by atoms with Crippen LogP contribution in [0, 0.1) is 0 Å². The molecule has 1 N–H and O–H groups in total. The van der Waals surface area contributed by atoms with Gasteiger partial charge >= 0.3 is 0 Å². The number of oxazole rings is 1. The topological polar surface area (TPSA) is 72.2 Å². The summed E-state index contributed by atoms with van der Waals surface area (Å²) in [6.07, 6.45) is 5.64. The first kappa shape index (κ1) is 13.5. The molecule has 1 atom stereocenters. The molecule has 1 aliphatic heterocycles. The molecule has 1 aromatic heterocycles. The Bertz CT molecular complexity index is 481. The maximum atomic E-state index is 12.0. The highest BCUT2D eigenvalue weighted by atomic mass is 32.2. The van der Waals surface area contributed by atoms with Gasteiger partial charge in [-0.3, -0.25) is 0 Å². The zero-order valence-corrected chi connectivity index (χ0v) is 11.5. The largest absolute Gasteiger partial charge is 0.444 e. The van der Waals surface area contributed by atoms with E-state index in [1.54, 1.807) is 6.20 Å². The SMILES string of the molecule is CNCCCc1ncc(C2CCCCS2(=O)=O)o1. The molecule has 2 heterocycles. The normalized spacial score (nSPS) is 23.1. The molecule has 0 saturated carbocycles. The van der Waals surface area contributed by atoms with Gasteiger partial charge in [0.2, 0.25) is 0 Å². The van der Waals surface area contributed by atoms with Crippen molar-refractivity contribution in [2.45, 2.75) is 37.4 Å². The maximum absolute atomic E-state index is 12.0. The lowest BCUT2D eigenvalue weighted by Crippen LogP contribution is -2.21. The number of rotatable bonds is 5. The molecular formula is C12H20N2O3S. The van der Waals surface area contributed by atoms with E-state index in [-0.39, 0.29) is 5.75 Å². The molecule has 0 radical (unpaired) electrons. The second-order valence-electron chi connectivity index (χ2n) is 4.71. The highest BCUT2D eigenvalue weighted by Gasteiger charge is 2.32.